The first kappa shape index (κ1) is 30.7. The van der Waals surface area contributed by atoms with Gasteiger partial charge in [-0.25, -0.2) is 4.79 Å². The van der Waals surface area contributed by atoms with Crippen molar-refractivity contribution in [3.63, 3.8) is 0 Å². The second kappa shape index (κ2) is 15.7. The van der Waals surface area contributed by atoms with Gasteiger partial charge in [-0.1, -0.05) is 30.7 Å². The van der Waals surface area contributed by atoms with Gasteiger partial charge in [-0.2, -0.15) is 0 Å². The maximum Gasteiger partial charge on any atom is 0.319 e. The molecule has 3 N–H and O–H groups in total. The van der Waals surface area contributed by atoms with E-state index in [2.05, 4.69) is 32.8 Å². The highest BCUT2D eigenvalue weighted by Crippen LogP contribution is 2.31. The van der Waals surface area contributed by atoms with Crippen molar-refractivity contribution in [2.75, 3.05) is 52.3 Å². The van der Waals surface area contributed by atoms with E-state index in [4.69, 9.17) is 25.8 Å². The molecule has 1 aliphatic heterocycles. The van der Waals surface area contributed by atoms with Gasteiger partial charge in [0.05, 0.1) is 26.0 Å². The first-order chi connectivity index (χ1) is 19.3. The van der Waals surface area contributed by atoms with Gasteiger partial charge >= 0.3 is 6.03 Å². The van der Waals surface area contributed by atoms with Crippen molar-refractivity contribution in [2.24, 2.45) is 0 Å². The zero-order chi connectivity index (χ0) is 28.9. The zero-order valence-electron chi connectivity index (χ0n) is 23.3. The minimum Gasteiger partial charge on any atom is -0.495 e. The highest BCUT2D eigenvalue weighted by atomic mass is 35.5. The van der Waals surface area contributed by atoms with Crippen LogP contribution in [0.4, 0.5) is 10.5 Å². The Labute approximate surface area is 240 Å². The summed E-state index contributed by atoms with van der Waals surface area (Å²) in [7, 11) is 3.05. The van der Waals surface area contributed by atoms with Crippen LogP contribution in [0.15, 0.2) is 54.7 Å². The number of halogens is 1. The molecule has 10 nitrogen and oxygen atoms in total. The lowest BCUT2D eigenvalue weighted by molar-refractivity contribution is 0.0405. The molecule has 0 radical (unpaired) electrons. The molecule has 1 aliphatic rings. The summed E-state index contributed by atoms with van der Waals surface area (Å²) in [6, 6.07) is 13.5. The van der Waals surface area contributed by atoms with E-state index in [1.165, 1.54) is 26.9 Å². The third-order valence-electron chi connectivity index (χ3n) is 6.06. The Hall–Kier alpha value is -3.86. The predicted molar refractivity (Wildman–Crippen MR) is 156 cm³/mol. The molecule has 1 saturated heterocycles. The number of carbonyl (C=O) groups excluding carboxylic acids is 2. The number of anilines is 1. The topological polar surface area (TPSA) is 114 Å². The number of likely N-dealkylation sites (N-methyl/N-ethyl adjacent to an activating group) is 1. The first-order valence-electron chi connectivity index (χ1n) is 13.0. The number of ether oxygens (including phenoxy) is 3. The van der Waals surface area contributed by atoms with E-state index in [0.717, 1.165) is 37.4 Å². The van der Waals surface area contributed by atoms with Crippen molar-refractivity contribution < 1.29 is 23.8 Å². The number of benzene rings is 2. The summed E-state index contributed by atoms with van der Waals surface area (Å²) >= 11 is 6.10. The fourth-order valence-electron chi connectivity index (χ4n) is 3.78. The van der Waals surface area contributed by atoms with Crippen molar-refractivity contribution in [1.29, 1.82) is 0 Å². The SMILES string of the molecule is CCN1CCOCC1.CNC(=O)c1cc(Oc2cccc(CNC(=O)Nc3cc(C)c(Cl)cc3OC)c2)ccn1. The number of nitrogens with one attached hydrogen (secondary N) is 3. The minimum absolute atomic E-state index is 0.257. The van der Waals surface area contributed by atoms with Crippen LogP contribution in [0.25, 0.3) is 0 Å². The standard InChI is InChI=1S/C23H23ClN4O4.C6H13NO/c1-14-9-19(21(31-3)12-18(14)24)28-23(30)27-13-15-5-4-6-16(10-15)32-17-7-8-26-20(11-17)22(29)25-2;1-2-7-3-5-8-6-4-7/h4-12H,13H2,1-3H3,(H,25,29)(H2,27,28,30);2-6H2,1H3. The third-order valence-corrected chi connectivity index (χ3v) is 6.47. The number of aromatic nitrogens is 1. The molecule has 40 heavy (non-hydrogen) atoms. The molecular formula is C29H36ClN5O5. The minimum atomic E-state index is -0.388. The Kier molecular flexibility index (Phi) is 12.0. The van der Waals surface area contributed by atoms with Crippen molar-refractivity contribution in [2.45, 2.75) is 20.4 Å². The van der Waals surface area contributed by atoms with E-state index in [1.807, 2.05) is 19.1 Å². The monoisotopic (exact) mass is 569 g/mol. The van der Waals surface area contributed by atoms with Crippen LogP contribution in [0.5, 0.6) is 17.2 Å². The van der Waals surface area contributed by atoms with Gasteiger partial charge in [-0.3, -0.25) is 14.7 Å². The van der Waals surface area contributed by atoms with Crippen LogP contribution < -0.4 is 25.4 Å². The molecule has 1 aromatic heterocycles. The lowest BCUT2D eigenvalue weighted by atomic mass is 10.2. The molecule has 4 rings (SSSR count). The number of hydrogen-bond donors (Lipinski definition) is 3. The lowest BCUT2D eigenvalue weighted by Gasteiger charge is -2.24. The molecule has 1 fully saturated rings. The van der Waals surface area contributed by atoms with E-state index in [1.54, 1.807) is 36.4 Å². The van der Waals surface area contributed by atoms with Crippen molar-refractivity contribution in [3.8, 4) is 17.2 Å². The van der Waals surface area contributed by atoms with Gasteiger partial charge < -0.3 is 30.2 Å². The van der Waals surface area contributed by atoms with Gasteiger partial charge in [0, 0.05) is 50.0 Å². The summed E-state index contributed by atoms with van der Waals surface area (Å²) < 4.78 is 16.3. The average molecular weight is 570 g/mol. The van der Waals surface area contributed by atoms with Crippen LogP contribution >= 0.6 is 11.6 Å². The number of urea groups is 1. The smallest absolute Gasteiger partial charge is 0.319 e. The number of hydrogen-bond acceptors (Lipinski definition) is 7. The van der Waals surface area contributed by atoms with Gasteiger partial charge in [0.1, 0.15) is 22.9 Å². The van der Waals surface area contributed by atoms with Crippen LogP contribution in [-0.4, -0.2) is 68.8 Å². The Morgan fingerprint density at radius 1 is 1.10 bits per heavy atom. The number of aryl methyl sites for hydroxylation is 1. The maximum atomic E-state index is 12.4. The van der Waals surface area contributed by atoms with Crippen LogP contribution in [0.1, 0.15) is 28.5 Å². The molecule has 0 unspecified atom stereocenters. The summed E-state index contributed by atoms with van der Waals surface area (Å²) in [6.45, 7) is 9.57. The van der Waals surface area contributed by atoms with E-state index in [-0.39, 0.29) is 24.2 Å². The molecule has 3 amide bonds. The Balaban J connectivity index is 0.000000472. The number of amides is 3. The summed E-state index contributed by atoms with van der Waals surface area (Å²) in [5.74, 6) is 1.21. The van der Waals surface area contributed by atoms with Gasteiger partial charge in [0.15, 0.2) is 0 Å². The normalized spacial score (nSPS) is 12.9. The van der Waals surface area contributed by atoms with E-state index < -0.39 is 0 Å². The maximum absolute atomic E-state index is 12.4. The number of nitrogens with zero attached hydrogens (tertiary/aromatic N) is 2. The van der Waals surface area contributed by atoms with E-state index >= 15 is 0 Å². The second-order valence-electron chi connectivity index (χ2n) is 8.86. The van der Waals surface area contributed by atoms with Gasteiger partial charge in [0.25, 0.3) is 5.91 Å². The molecular weight excluding hydrogens is 534 g/mol. The predicted octanol–water partition coefficient (Wildman–Crippen LogP) is 4.86. The van der Waals surface area contributed by atoms with Gasteiger partial charge in [-0.05, 0) is 48.9 Å². The van der Waals surface area contributed by atoms with E-state index in [0.29, 0.717) is 28.0 Å². The molecule has 0 aliphatic carbocycles. The lowest BCUT2D eigenvalue weighted by Crippen LogP contribution is -2.35. The van der Waals surface area contributed by atoms with Crippen LogP contribution in [-0.2, 0) is 11.3 Å². The van der Waals surface area contributed by atoms with Gasteiger partial charge in [0.2, 0.25) is 0 Å². The van der Waals surface area contributed by atoms with Crippen LogP contribution in [0.3, 0.4) is 0 Å². The quantitative estimate of drug-likeness (QED) is 0.355. The highest BCUT2D eigenvalue weighted by molar-refractivity contribution is 6.31. The first-order valence-corrected chi connectivity index (χ1v) is 13.3. The fourth-order valence-corrected chi connectivity index (χ4v) is 3.93. The van der Waals surface area contributed by atoms with Crippen LogP contribution in [0, 0.1) is 6.92 Å². The Morgan fingerprint density at radius 3 is 2.52 bits per heavy atom. The Bertz CT molecular complexity index is 1280. The molecule has 0 saturated carbocycles. The van der Waals surface area contributed by atoms with Crippen molar-refractivity contribution in [3.05, 3.63) is 76.6 Å². The van der Waals surface area contributed by atoms with Crippen molar-refractivity contribution >= 4 is 29.2 Å². The second-order valence-corrected chi connectivity index (χ2v) is 9.27. The number of pyridine rings is 1. The molecule has 0 bridgehead atoms. The molecule has 214 valence electrons. The molecule has 3 aromatic rings. The number of methoxy groups -OCH3 is 1. The van der Waals surface area contributed by atoms with Crippen LogP contribution in [0.2, 0.25) is 5.02 Å². The fraction of sp³-hybridized carbons (Fsp3) is 0.345. The number of morpholine rings is 1. The molecule has 0 atom stereocenters. The third kappa shape index (κ3) is 9.41. The average Bonchev–Trinajstić information content (AvgIpc) is 2.98. The summed E-state index contributed by atoms with van der Waals surface area (Å²) in [5.41, 5.74) is 2.43. The summed E-state index contributed by atoms with van der Waals surface area (Å²) in [4.78, 5) is 30.5. The summed E-state index contributed by atoms with van der Waals surface area (Å²) in [6.07, 6.45) is 1.50. The molecule has 2 aromatic carbocycles. The number of rotatable bonds is 8. The largest absolute Gasteiger partial charge is 0.495 e. The zero-order valence-corrected chi connectivity index (χ0v) is 24.0. The molecule has 11 heteroatoms. The van der Waals surface area contributed by atoms with Crippen molar-refractivity contribution in [1.82, 2.24) is 20.5 Å². The Morgan fingerprint density at radius 2 is 1.85 bits per heavy atom. The highest BCUT2D eigenvalue weighted by Gasteiger charge is 2.11. The van der Waals surface area contributed by atoms with E-state index in [9.17, 15) is 9.59 Å². The molecule has 2 heterocycles. The van der Waals surface area contributed by atoms with Gasteiger partial charge in [-0.15, -0.1) is 0 Å². The molecule has 0 spiro atoms. The number of carbonyl (C=O) groups is 2. The summed E-state index contributed by atoms with van der Waals surface area (Å²) in [5, 5.41) is 8.64.